The number of hydrogen-bond donors (Lipinski definition) is 0. The second-order valence-corrected chi connectivity index (χ2v) is 9.32. The van der Waals surface area contributed by atoms with Crippen LogP contribution in [0.2, 0.25) is 0 Å². The van der Waals surface area contributed by atoms with Crippen molar-refractivity contribution in [1.29, 1.82) is 0 Å². The molecule has 0 saturated heterocycles. The Morgan fingerprint density at radius 3 is 2.37 bits per heavy atom. The standard InChI is InChI=1S/C27H28N2O5S/c1-6-33-26(31)23-17(4)28-27-29(24(23)19-9-13-20(32-5)14-10-19)25(30)22(35-27)15-18-7-11-21(12-8-18)34-16(2)3/h7-16,24H,6H2,1-5H3/t24-/m1/s1. The molecule has 8 heteroatoms. The van der Waals surface area contributed by atoms with E-state index in [0.29, 0.717) is 26.4 Å². The number of rotatable bonds is 7. The molecule has 0 fully saturated rings. The Balaban J connectivity index is 1.85. The van der Waals surface area contributed by atoms with E-state index in [-0.39, 0.29) is 18.3 Å². The van der Waals surface area contributed by atoms with E-state index in [1.807, 2.05) is 68.5 Å². The SMILES string of the molecule is CCOC(=O)C1=C(C)N=c2sc(=Cc3ccc(OC(C)C)cc3)c(=O)n2[C@@H]1c1ccc(OC)cc1. The third-order valence-electron chi connectivity index (χ3n) is 5.50. The zero-order valence-electron chi connectivity index (χ0n) is 20.4. The number of carbonyl (C=O) groups is 1. The van der Waals surface area contributed by atoms with Gasteiger partial charge in [0.1, 0.15) is 11.5 Å². The maximum Gasteiger partial charge on any atom is 0.338 e. The molecule has 1 aliphatic heterocycles. The van der Waals surface area contributed by atoms with E-state index in [1.165, 1.54) is 11.3 Å². The summed E-state index contributed by atoms with van der Waals surface area (Å²) in [6.45, 7) is 7.70. The van der Waals surface area contributed by atoms with Crippen LogP contribution in [0.3, 0.4) is 0 Å². The summed E-state index contributed by atoms with van der Waals surface area (Å²) >= 11 is 1.29. The van der Waals surface area contributed by atoms with Crippen LogP contribution in [-0.4, -0.2) is 30.4 Å². The lowest BCUT2D eigenvalue weighted by molar-refractivity contribution is -0.139. The van der Waals surface area contributed by atoms with Crippen LogP contribution in [0.25, 0.3) is 6.08 Å². The minimum atomic E-state index is -0.653. The Hall–Kier alpha value is -3.65. The quantitative estimate of drug-likeness (QED) is 0.471. The average Bonchev–Trinajstić information content (AvgIpc) is 3.13. The van der Waals surface area contributed by atoms with Gasteiger partial charge in [-0.3, -0.25) is 9.36 Å². The number of carbonyl (C=O) groups excluding carboxylic acids is 1. The van der Waals surface area contributed by atoms with Crippen LogP contribution < -0.4 is 24.4 Å². The maximum absolute atomic E-state index is 13.6. The third-order valence-corrected chi connectivity index (χ3v) is 6.48. The molecule has 1 aliphatic rings. The fourth-order valence-electron chi connectivity index (χ4n) is 3.96. The van der Waals surface area contributed by atoms with Gasteiger partial charge in [0, 0.05) is 0 Å². The van der Waals surface area contributed by atoms with Crippen LogP contribution in [0.5, 0.6) is 11.5 Å². The number of benzene rings is 2. The Bertz CT molecular complexity index is 1430. The summed E-state index contributed by atoms with van der Waals surface area (Å²) in [4.78, 5) is 31.7. The molecule has 2 heterocycles. The molecule has 0 aliphatic carbocycles. The number of allylic oxidation sites excluding steroid dienone is 1. The van der Waals surface area contributed by atoms with Gasteiger partial charge in [0.25, 0.3) is 5.56 Å². The van der Waals surface area contributed by atoms with Crippen LogP contribution in [0, 0.1) is 0 Å². The van der Waals surface area contributed by atoms with Crippen molar-refractivity contribution in [1.82, 2.24) is 4.57 Å². The van der Waals surface area contributed by atoms with Gasteiger partial charge >= 0.3 is 5.97 Å². The molecular weight excluding hydrogens is 464 g/mol. The minimum Gasteiger partial charge on any atom is -0.497 e. The Morgan fingerprint density at radius 2 is 1.77 bits per heavy atom. The van der Waals surface area contributed by atoms with Gasteiger partial charge in [-0.1, -0.05) is 35.6 Å². The molecule has 0 unspecified atom stereocenters. The zero-order chi connectivity index (χ0) is 25.1. The van der Waals surface area contributed by atoms with E-state index < -0.39 is 12.0 Å². The molecule has 0 amide bonds. The lowest BCUT2D eigenvalue weighted by Crippen LogP contribution is -2.39. The predicted molar refractivity (Wildman–Crippen MR) is 136 cm³/mol. The van der Waals surface area contributed by atoms with E-state index in [4.69, 9.17) is 14.2 Å². The van der Waals surface area contributed by atoms with Crippen molar-refractivity contribution in [2.45, 2.75) is 39.8 Å². The maximum atomic E-state index is 13.6. The lowest BCUT2D eigenvalue weighted by Gasteiger charge is -2.24. The zero-order valence-corrected chi connectivity index (χ0v) is 21.2. The topological polar surface area (TPSA) is 79.1 Å². The van der Waals surface area contributed by atoms with Gasteiger partial charge in [-0.15, -0.1) is 0 Å². The van der Waals surface area contributed by atoms with Crippen LogP contribution in [0.4, 0.5) is 0 Å². The highest BCUT2D eigenvalue weighted by atomic mass is 32.1. The number of methoxy groups -OCH3 is 1. The summed E-state index contributed by atoms with van der Waals surface area (Å²) < 4.78 is 18.4. The first-order valence-electron chi connectivity index (χ1n) is 11.4. The normalized spacial score (nSPS) is 15.6. The van der Waals surface area contributed by atoms with Crippen LogP contribution in [-0.2, 0) is 9.53 Å². The molecule has 35 heavy (non-hydrogen) atoms. The summed E-state index contributed by atoms with van der Waals surface area (Å²) in [5, 5.41) is 0. The van der Waals surface area contributed by atoms with Crippen LogP contribution in [0.1, 0.15) is 44.9 Å². The summed E-state index contributed by atoms with van der Waals surface area (Å²) in [6, 6.07) is 14.3. The molecule has 4 rings (SSSR count). The van der Waals surface area contributed by atoms with E-state index in [2.05, 4.69) is 4.99 Å². The number of fused-ring (bicyclic) bond motifs is 1. The lowest BCUT2D eigenvalue weighted by atomic mass is 9.96. The molecule has 0 bridgehead atoms. The molecule has 0 radical (unpaired) electrons. The van der Waals surface area contributed by atoms with E-state index in [0.717, 1.165) is 16.9 Å². The molecule has 0 saturated carbocycles. The molecule has 2 aromatic carbocycles. The van der Waals surface area contributed by atoms with Crippen molar-refractivity contribution in [3.63, 3.8) is 0 Å². The Kier molecular flexibility index (Phi) is 7.21. The van der Waals surface area contributed by atoms with Gasteiger partial charge in [0.05, 0.1) is 41.7 Å². The average molecular weight is 493 g/mol. The van der Waals surface area contributed by atoms with E-state index in [9.17, 15) is 9.59 Å². The monoisotopic (exact) mass is 492 g/mol. The summed E-state index contributed by atoms with van der Waals surface area (Å²) in [6.07, 6.45) is 1.91. The largest absolute Gasteiger partial charge is 0.497 e. The number of esters is 1. The van der Waals surface area contributed by atoms with E-state index in [1.54, 1.807) is 25.5 Å². The Morgan fingerprint density at radius 1 is 1.11 bits per heavy atom. The highest BCUT2D eigenvalue weighted by molar-refractivity contribution is 7.07. The number of thiazole rings is 1. The molecular formula is C27H28N2O5S. The predicted octanol–water partition coefficient (Wildman–Crippen LogP) is 3.59. The number of hydrogen-bond acceptors (Lipinski definition) is 7. The highest BCUT2D eigenvalue weighted by Crippen LogP contribution is 2.31. The minimum absolute atomic E-state index is 0.0827. The van der Waals surface area contributed by atoms with Crippen molar-refractivity contribution < 1.29 is 19.0 Å². The van der Waals surface area contributed by atoms with Crippen LogP contribution >= 0.6 is 11.3 Å². The molecule has 182 valence electrons. The second kappa shape index (κ2) is 10.3. The number of nitrogens with zero attached hydrogens (tertiary/aromatic N) is 2. The molecule has 3 aromatic rings. The van der Waals surface area contributed by atoms with Gasteiger partial charge < -0.3 is 14.2 Å². The highest BCUT2D eigenvalue weighted by Gasteiger charge is 2.33. The first-order chi connectivity index (χ1) is 16.8. The summed E-state index contributed by atoms with van der Waals surface area (Å²) in [5.41, 5.74) is 2.31. The first kappa shape index (κ1) is 24.5. The second-order valence-electron chi connectivity index (χ2n) is 8.31. The molecule has 7 nitrogen and oxygen atoms in total. The van der Waals surface area contributed by atoms with Gasteiger partial charge in [-0.2, -0.15) is 0 Å². The van der Waals surface area contributed by atoms with Crippen molar-refractivity contribution in [2.24, 2.45) is 4.99 Å². The third kappa shape index (κ3) is 5.07. The Labute approximate surface area is 207 Å². The van der Waals surface area contributed by atoms with Gasteiger partial charge in [0.15, 0.2) is 4.80 Å². The first-order valence-corrected chi connectivity index (χ1v) is 12.2. The van der Waals surface area contributed by atoms with Crippen molar-refractivity contribution in [2.75, 3.05) is 13.7 Å². The summed E-state index contributed by atoms with van der Waals surface area (Å²) in [7, 11) is 1.59. The van der Waals surface area contributed by atoms with E-state index >= 15 is 0 Å². The smallest absolute Gasteiger partial charge is 0.338 e. The number of ether oxygens (including phenoxy) is 3. The van der Waals surface area contributed by atoms with Gasteiger partial charge in [-0.05, 0) is 69.2 Å². The van der Waals surface area contributed by atoms with Crippen molar-refractivity contribution in [3.8, 4) is 11.5 Å². The van der Waals surface area contributed by atoms with Crippen LogP contribution in [0.15, 0.2) is 69.6 Å². The van der Waals surface area contributed by atoms with Gasteiger partial charge in [-0.25, -0.2) is 9.79 Å². The molecule has 0 N–H and O–H groups in total. The van der Waals surface area contributed by atoms with Crippen molar-refractivity contribution in [3.05, 3.63) is 90.6 Å². The van der Waals surface area contributed by atoms with Crippen molar-refractivity contribution >= 4 is 23.4 Å². The number of aromatic nitrogens is 1. The molecule has 1 aromatic heterocycles. The fraction of sp³-hybridized carbons (Fsp3) is 0.296. The molecule has 0 spiro atoms. The fourth-order valence-corrected chi connectivity index (χ4v) is 5.01. The molecule has 1 atom stereocenters. The van der Waals surface area contributed by atoms with Gasteiger partial charge in [0.2, 0.25) is 0 Å². The summed E-state index contributed by atoms with van der Waals surface area (Å²) in [5.74, 6) is 0.974.